The molecule has 0 radical (unpaired) electrons. The van der Waals surface area contributed by atoms with Gasteiger partial charge in [0.2, 0.25) is 0 Å². The summed E-state index contributed by atoms with van der Waals surface area (Å²) in [6, 6.07) is 206. The molecular weight excluding hydrogens is 1790 g/mol. The van der Waals surface area contributed by atoms with E-state index in [9.17, 15) is 0 Å². The molecule has 0 nitrogen and oxygen atoms in total. The quantitative estimate of drug-likeness (QED) is 0.0894. The Morgan fingerprint density at radius 2 is 0.362 bits per heavy atom. The molecule has 0 bridgehead atoms. The Bertz CT molecular complexity index is 10500. The second-order valence-corrected chi connectivity index (χ2v) is 40.6. The highest BCUT2D eigenvalue weighted by Gasteiger charge is 2.36. The molecule has 0 fully saturated rings. The van der Waals surface area contributed by atoms with Gasteiger partial charge < -0.3 is 0 Å². The third-order valence-corrected chi connectivity index (χ3v) is 31.9. The molecular formula is C149H98. The van der Waals surface area contributed by atoms with Crippen LogP contribution in [0.25, 0.3) is 284 Å². The van der Waals surface area contributed by atoms with Gasteiger partial charge in [-0.15, -0.1) is 0 Å². The molecule has 0 N–H and O–H groups in total. The van der Waals surface area contributed by atoms with Gasteiger partial charge in [-0.2, -0.15) is 0 Å². The van der Waals surface area contributed by atoms with Crippen LogP contribution in [0.2, 0.25) is 0 Å². The zero-order chi connectivity index (χ0) is 98.7. The Kier molecular flexibility index (Phi) is 21.4. The molecule has 149 heavy (non-hydrogen) atoms. The van der Waals surface area contributed by atoms with Crippen molar-refractivity contribution in [1.82, 2.24) is 0 Å². The maximum Gasteiger partial charge on any atom is 0.0159 e. The zero-order valence-corrected chi connectivity index (χ0v) is 82.6. The fourth-order valence-electron chi connectivity index (χ4n) is 24.8. The second kappa shape index (κ2) is 36.4. The number of rotatable bonds is 11. The van der Waals surface area contributed by atoms with E-state index in [0.29, 0.717) is 0 Å². The molecule has 694 valence electrons. The highest BCUT2D eigenvalue weighted by Crippen LogP contribution is 2.56. The molecule has 0 saturated carbocycles. The van der Waals surface area contributed by atoms with Crippen molar-refractivity contribution in [1.29, 1.82) is 0 Å². The van der Waals surface area contributed by atoms with Gasteiger partial charge in [0.15, 0.2) is 0 Å². The SMILES string of the molecule is CC1(C)c2ccccc2-c2ccc(-c3c4ccccc4c(-c4cccc5ccccc45)c4cc(-c5ccc6ccccc6c5)ccc34)cc21.c1ccc(-c2ccc(-c3c4ccccc4c(-c4cc5ccccc5c5ccccc45)c4cc(-c5ccc6ccccc6c5)ccc34)cc2)cc1.c1ccc(-c2cccc(-c3c4ccccc4c(-c4cc5ccccc5c5ccccc45)c4cc(-c5ccc6ccccc6c5)ccc34)c2)cc1. The maximum atomic E-state index is 2.48. The van der Waals surface area contributed by atoms with E-state index in [1.165, 1.54) is 295 Å². The topological polar surface area (TPSA) is 0 Å². The molecule has 0 atom stereocenters. The Morgan fingerprint density at radius 3 is 0.826 bits per heavy atom. The first kappa shape index (κ1) is 87.8. The minimum atomic E-state index is -0.0698. The summed E-state index contributed by atoms with van der Waals surface area (Å²) in [5.74, 6) is 0. The van der Waals surface area contributed by atoms with Gasteiger partial charge in [-0.25, -0.2) is 0 Å². The van der Waals surface area contributed by atoms with Gasteiger partial charge in [0, 0.05) is 5.41 Å². The molecule has 0 aliphatic heterocycles. The van der Waals surface area contributed by atoms with Crippen LogP contribution in [0, 0.1) is 0 Å². The molecule has 0 amide bonds. The van der Waals surface area contributed by atoms with Crippen LogP contribution in [0.3, 0.4) is 0 Å². The molecule has 0 saturated heterocycles. The van der Waals surface area contributed by atoms with E-state index < -0.39 is 0 Å². The lowest BCUT2D eigenvalue weighted by Crippen LogP contribution is -2.14. The van der Waals surface area contributed by atoms with E-state index in [2.05, 4.69) is 572 Å². The number of hydrogen-bond acceptors (Lipinski definition) is 0. The number of hydrogen-bond donors (Lipinski definition) is 0. The summed E-state index contributed by atoms with van der Waals surface area (Å²) >= 11 is 0. The lowest BCUT2D eigenvalue weighted by Gasteiger charge is -2.23. The average molecular weight is 1890 g/mol. The predicted molar refractivity (Wildman–Crippen MR) is 642 cm³/mol. The molecule has 29 aromatic carbocycles. The Labute approximate surface area is 866 Å². The Balaban J connectivity index is 0.000000108. The fraction of sp³-hybridized carbons (Fsp3) is 0.0201. The summed E-state index contributed by atoms with van der Waals surface area (Å²) in [6.07, 6.45) is 0. The lowest BCUT2D eigenvalue weighted by atomic mass is 9.80. The van der Waals surface area contributed by atoms with Crippen LogP contribution in [-0.4, -0.2) is 0 Å². The van der Waals surface area contributed by atoms with Crippen molar-refractivity contribution in [3.63, 3.8) is 0 Å². The number of fused-ring (bicyclic) bond motifs is 19. The third kappa shape index (κ3) is 15.2. The first-order valence-electron chi connectivity index (χ1n) is 52.0. The van der Waals surface area contributed by atoms with Crippen LogP contribution < -0.4 is 0 Å². The average Bonchev–Trinajstić information content (AvgIpc) is 1.54. The summed E-state index contributed by atoms with van der Waals surface area (Å²) in [5.41, 5.74) is 32.9. The summed E-state index contributed by atoms with van der Waals surface area (Å²) in [7, 11) is 0. The van der Waals surface area contributed by atoms with Crippen LogP contribution >= 0.6 is 0 Å². The van der Waals surface area contributed by atoms with Gasteiger partial charge in [-0.05, 0) is 356 Å². The molecule has 0 aromatic heterocycles. The highest BCUT2D eigenvalue weighted by atomic mass is 14.4. The molecule has 1 aliphatic rings. The fourth-order valence-corrected chi connectivity index (χ4v) is 24.8. The van der Waals surface area contributed by atoms with Crippen LogP contribution in [0.1, 0.15) is 25.0 Å². The van der Waals surface area contributed by atoms with Crippen LogP contribution in [0.15, 0.2) is 558 Å². The van der Waals surface area contributed by atoms with Gasteiger partial charge in [0.1, 0.15) is 0 Å². The molecule has 30 rings (SSSR count). The van der Waals surface area contributed by atoms with E-state index >= 15 is 0 Å². The second-order valence-electron chi connectivity index (χ2n) is 40.6. The molecule has 29 aromatic rings. The van der Waals surface area contributed by atoms with Crippen LogP contribution in [0.4, 0.5) is 0 Å². The van der Waals surface area contributed by atoms with E-state index in [0.717, 1.165) is 0 Å². The zero-order valence-electron chi connectivity index (χ0n) is 82.6. The van der Waals surface area contributed by atoms with E-state index in [-0.39, 0.29) is 5.41 Å². The molecule has 1 aliphatic carbocycles. The van der Waals surface area contributed by atoms with Crippen molar-refractivity contribution in [2.45, 2.75) is 19.3 Å². The lowest BCUT2D eigenvalue weighted by molar-refractivity contribution is 0.660. The summed E-state index contributed by atoms with van der Waals surface area (Å²) in [6.45, 7) is 4.74. The van der Waals surface area contributed by atoms with Gasteiger partial charge in [-0.1, -0.05) is 511 Å². The predicted octanol–water partition coefficient (Wildman–Crippen LogP) is 41.8. The van der Waals surface area contributed by atoms with Crippen molar-refractivity contribution >= 4 is 151 Å². The summed E-state index contributed by atoms with van der Waals surface area (Å²) in [5, 5.41) is 35.4. The van der Waals surface area contributed by atoms with E-state index in [1.807, 2.05) is 0 Å². The van der Waals surface area contributed by atoms with Gasteiger partial charge in [0.05, 0.1) is 0 Å². The van der Waals surface area contributed by atoms with Crippen molar-refractivity contribution in [2.75, 3.05) is 0 Å². The Hall–Kier alpha value is -19.0. The first-order chi connectivity index (χ1) is 73.7. The van der Waals surface area contributed by atoms with Crippen molar-refractivity contribution in [2.24, 2.45) is 0 Å². The van der Waals surface area contributed by atoms with Crippen LogP contribution in [-0.2, 0) is 5.41 Å². The largest absolute Gasteiger partial charge is 0.0622 e. The van der Waals surface area contributed by atoms with Gasteiger partial charge in [-0.3, -0.25) is 0 Å². The van der Waals surface area contributed by atoms with E-state index in [4.69, 9.17) is 0 Å². The molecule has 0 spiro atoms. The Morgan fingerprint density at radius 1 is 0.101 bits per heavy atom. The smallest absolute Gasteiger partial charge is 0.0159 e. The summed E-state index contributed by atoms with van der Waals surface area (Å²) < 4.78 is 0. The van der Waals surface area contributed by atoms with Crippen molar-refractivity contribution in [3.8, 4) is 134 Å². The number of benzene rings is 29. The maximum absolute atomic E-state index is 2.48. The highest BCUT2D eigenvalue weighted by molar-refractivity contribution is 6.30. The van der Waals surface area contributed by atoms with Crippen molar-refractivity contribution < 1.29 is 0 Å². The molecule has 0 heteroatoms. The van der Waals surface area contributed by atoms with E-state index in [1.54, 1.807) is 0 Å². The molecule has 0 unspecified atom stereocenters. The van der Waals surface area contributed by atoms with Gasteiger partial charge >= 0.3 is 0 Å². The third-order valence-electron chi connectivity index (χ3n) is 31.9. The summed E-state index contributed by atoms with van der Waals surface area (Å²) in [4.78, 5) is 0. The standard InChI is InChI=1S/2C50H32.C49H34/c1-2-13-33(14-3-1)36-18-12-19-40(30-36)49-44-23-10-11-24-45(44)50(47-32-39-17-6-7-20-41(39)42-21-8-9-22-43(42)47)48-31-38(27-28-46(48)49)37-26-25-34-15-4-5-16-35(34)29-37;1-2-12-33(13-3-1)35-22-25-36(26-23-35)49-44-20-10-11-21-45(44)50(47-32-40-16-6-7-17-41(40)42-18-8-9-19-43(42)47)48-31-39(28-29-46(48)49)38-27-24-34-14-4-5-15-37(34)30-38;1-49(2)45-21-10-9-17-38(45)39-26-25-36(30-46(39)49)47-41-18-7-8-19-42(41)48(40-20-11-15-32-13-5-6-16-37(32)40)44-29-35(24-27-43(44)47)34-23-22-31-12-3-4-14-33(31)28-34/h2*1-32H;3-30H,1-2H3. The van der Waals surface area contributed by atoms with Gasteiger partial charge in [0.25, 0.3) is 0 Å². The monoisotopic (exact) mass is 1890 g/mol. The van der Waals surface area contributed by atoms with Crippen LogP contribution in [0.5, 0.6) is 0 Å². The normalized spacial score (nSPS) is 12.1. The minimum Gasteiger partial charge on any atom is -0.0622 e. The minimum absolute atomic E-state index is 0.0698. The van der Waals surface area contributed by atoms with Crippen molar-refractivity contribution in [3.05, 3.63) is 569 Å². The first-order valence-corrected chi connectivity index (χ1v) is 52.0. The molecule has 0 heterocycles.